The Labute approximate surface area is 137 Å². The molecule has 0 aliphatic carbocycles. The highest BCUT2D eigenvalue weighted by atomic mass is 16.5. The molecule has 4 heteroatoms. The Hall–Kier alpha value is -2.49. The molecule has 0 saturated carbocycles. The number of carbonyl (C=O) groups is 1. The van der Waals surface area contributed by atoms with Crippen molar-refractivity contribution >= 4 is 5.91 Å². The first-order valence-electron chi connectivity index (χ1n) is 7.66. The molecule has 2 rings (SSSR count). The molecule has 0 spiro atoms. The first kappa shape index (κ1) is 16.9. The normalized spacial score (nSPS) is 10.2. The van der Waals surface area contributed by atoms with Crippen molar-refractivity contribution in [1.29, 1.82) is 0 Å². The van der Waals surface area contributed by atoms with Gasteiger partial charge in [-0.2, -0.15) is 0 Å². The van der Waals surface area contributed by atoms with E-state index in [-0.39, 0.29) is 5.91 Å². The lowest BCUT2D eigenvalue weighted by Crippen LogP contribution is -2.27. The number of hydrogen-bond donors (Lipinski definition) is 1. The average Bonchev–Trinajstić information content (AvgIpc) is 2.56. The van der Waals surface area contributed by atoms with Gasteiger partial charge in [0.1, 0.15) is 0 Å². The molecule has 1 N–H and O–H groups in total. The number of benzene rings is 2. The van der Waals surface area contributed by atoms with Gasteiger partial charge in [-0.05, 0) is 42.2 Å². The Morgan fingerprint density at radius 2 is 1.78 bits per heavy atom. The lowest BCUT2D eigenvalue weighted by atomic mass is 10.1. The lowest BCUT2D eigenvalue weighted by Gasteiger charge is -2.10. The van der Waals surface area contributed by atoms with Gasteiger partial charge in [0.05, 0.1) is 20.6 Å². The molecule has 4 nitrogen and oxygen atoms in total. The van der Waals surface area contributed by atoms with Crippen LogP contribution in [0.3, 0.4) is 0 Å². The predicted octanol–water partition coefficient (Wildman–Crippen LogP) is 2.91. The molecule has 0 aromatic heterocycles. The van der Waals surface area contributed by atoms with Crippen molar-refractivity contribution in [1.82, 2.24) is 5.32 Å². The highest BCUT2D eigenvalue weighted by Gasteiger charge is 2.07. The topological polar surface area (TPSA) is 47.6 Å². The molecule has 0 saturated heterocycles. The summed E-state index contributed by atoms with van der Waals surface area (Å²) in [6, 6.07) is 13.7. The summed E-state index contributed by atoms with van der Waals surface area (Å²) in [5.74, 6) is 1.45. The predicted molar refractivity (Wildman–Crippen MR) is 91.1 cm³/mol. The van der Waals surface area contributed by atoms with Crippen LogP contribution in [-0.4, -0.2) is 26.7 Å². The standard InChI is InChI=1S/C19H23NO3/c1-14-6-4-5-7-16(14)13-19(21)20-11-10-15-8-9-17(22-2)18(12-15)23-3/h4-9,12H,10-11,13H2,1-3H3,(H,20,21). The average molecular weight is 313 g/mol. The van der Waals surface area contributed by atoms with Crippen molar-refractivity contribution in [2.24, 2.45) is 0 Å². The summed E-state index contributed by atoms with van der Waals surface area (Å²) in [6.07, 6.45) is 1.17. The highest BCUT2D eigenvalue weighted by molar-refractivity contribution is 5.78. The second-order valence-corrected chi connectivity index (χ2v) is 5.39. The van der Waals surface area contributed by atoms with Crippen LogP contribution in [0.4, 0.5) is 0 Å². The number of hydrogen-bond acceptors (Lipinski definition) is 3. The van der Waals surface area contributed by atoms with Crippen LogP contribution in [0.2, 0.25) is 0 Å². The molecule has 1 amide bonds. The third kappa shape index (κ3) is 4.74. The second-order valence-electron chi connectivity index (χ2n) is 5.39. The summed E-state index contributed by atoms with van der Waals surface area (Å²) in [5, 5.41) is 2.96. The molecule has 0 heterocycles. The number of carbonyl (C=O) groups excluding carboxylic acids is 1. The fourth-order valence-corrected chi connectivity index (χ4v) is 2.43. The maximum atomic E-state index is 12.0. The number of amides is 1. The van der Waals surface area contributed by atoms with Gasteiger partial charge >= 0.3 is 0 Å². The van der Waals surface area contributed by atoms with Gasteiger partial charge in [0, 0.05) is 6.54 Å². The Balaban J connectivity index is 1.85. The fraction of sp³-hybridized carbons (Fsp3) is 0.316. The molecule has 23 heavy (non-hydrogen) atoms. The van der Waals surface area contributed by atoms with Crippen LogP contribution in [0, 0.1) is 6.92 Å². The van der Waals surface area contributed by atoms with Crippen LogP contribution < -0.4 is 14.8 Å². The lowest BCUT2D eigenvalue weighted by molar-refractivity contribution is -0.120. The second kappa shape index (κ2) is 8.22. The molecular weight excluding hydrogens is 290 g/mol. The maximum Gasteiger partial charge on any atom is 0.224 e. The third-order valence-electron chi connectivity index (χ3n) is 3.80. The van der Waals surface area contributed by atoms with E-state index < -0.39 is 0 Å². The van der Waals surface area contributed by atoms with Crippen LogP contribution >= 0.6 is 0 Å². The molecule has 122 valence electrons. The molecule has 0 radical (unpaired) electrons. The van der Waals surface area contributed by atoms with Crippen LogP contribution in [0.5, 0.6) is 11.5 Å². The van der Waals surface area contributed by atoms with E-state index >= 15 is 0 Å². The Morgan fingerprint density at radius 1 is 1.04 bits per heavy atom. The number of methoxy groups -OCH3 is 2. The zero-order valence-corrected chi connectivity index (χ0v) is 13.9. The van der Waals surface area contributed by atoms with Gasteiger partial charge in [0.2, 0.25) is 5.91 Å². The zero-order chi connectivity index (χ0) is 16.7. The number of rotatable bonds is 7. The molecular formula is C19H23NO3. The molecule has 2 aromatic carbocycles. The van der Waals surface area contributed by atoms with Gasteiger partial charge in [-0.3, -0.25) is 4.79 Å². The van der Waals surface area contributed by atoms with Crippen LogP contribution in [-0.2, 0) is 17.6 Å². The van der Waals surface area contributed by atoms with Crippen LogP contribution in [0.15, 0.2) is 42.5 Å². The van der Waals surface area contributed by atoms with E-state index in [1.165, 1.54) is 0 Å². The summed E-state index contributed by atoms with van der Waals surface area (Å²) in [4.78, 5) is 12.0. The van der Waals surface area contributed by atoms with Gasteiger partial charge in [0.15, 0.2) is 11.5 Å². The molecule has 2 aromatic rings. The number of aryl methyl sites for hydroxylation is 1. The molecule has 0 unspecified atom stereocenters. The first-order chi connectivity index (χ1) is 11.1. The Bertz CT molecular complexity index is 667. The first-order valence-corrected chi connectivity index (χ1v) is 7.66. The minimum absolute atomic E-state index is 0.0415. The Morgan fingerprint density at radius 3 is 2.48 bits per heavy atom. The van der Waals surface area contributed by atoms with Gasteiger partial charge in [-0.15, -0.1) is 0 Å². The van der Waals surface area contributed by atoms with Crippen molar-refractivity contribution in [2.45, 2.75) is 19.8 Å². The monoisotopic (exact) mass is 313 g/mol. The SMILES string of the molecule is COc1ccc(CCNC(=O)Cc2ccccc2C)cc1OC. The van der Waals surface area contributed by atoms with E-state index in [0.29, 0.717) is 24.5 Å². The van der Waals surface area contributed by atoms with E-state index in [1.807, 2.05) is 49.4 Å². The quantitative estimate of drug-likeness (QED) is 0.855. The fourth-order valence-electron chi connectivity index (χ4n) is 2.43. The summed E-state index contributed by atoms with van der Waals surface area (Å²) in [7, 11) is 3.23. The minimum atomic E-state index is 0.0415. The summed E-state index contributed by atoms with van der Waals surface area (Å²) in [6.45, 7) is 2.62. The van der Waals surface area contributed by atoms with Gasteiger partial charge < -0.3 is 14.8 Å². The van der Waals surface area contributed by atoms with Crippen molar-refractivity contribution in [3.63, 3.8) is 0 Å². The largest absolute Gasteiger partial charge is 0.493 e. The summed E-state index contributed by atoms with van der Waals surface area (Å²) in [5.41, 5.74) is 3.30. The van der Waals surface area contributed by atoms with Crippen molar-refractivity contribution in [3.05, 3.63) is 59.2 Å². The van der Waals surface area contributed by atoms with Crippen molar-refractivity contribution in [2.75, 3.05) is 20.8 Å². The number of ether oxygens (including phenoxy) is 2. The maximum absolute atomic E-state index is 12.0. The number of nitrogens with one attached hydrogen (secondary N) is 1. The molecule has 0 fully saturated rings. The van der Waals surface area contributed by atoms with Gasteiger partial charge in [-0.1, -0.05) is 30.3 Å². The van der Waals surface area contributed by atoms with Crippen molar-refractivity contribution < 1.29 is 14.3 Å². The van der Waals surface area contributed by atoms with E-state index in [0.717, 1.165) is 23.1 Å². The summed E-state index contributed by atoms with van der Waals surface area (Å²) >= 11 is 0. The molecule has 0 aliphatic heterocycles. The Kier molecular flexibility index (Phi) is 6.03. The third-order valence-corrected chi connectivity index (χ3v) is 3.80. The summed E-state index contributed by atoms with van der Waals surface area (Å²) < 4.78 is 10.5. The highest BCUT2D eigenvalue weighted by Crippen LogP contribution is 2.27. The van der Waals surface area contributed by atoms with Crippen LogP contribution in [0.25, 0.3) is 0 Å². The van der Waals surface area contributed by atoms with E-state index in [9.17, 15) is 4.79 Å². The van der Waals surface area contributed by atoms with Gasteiger partial charge in [-0.25, -0.2) is 0 Å². The van der Waals surface area contributed by atoms with Crippen LogP contribution in [0.1, 0.15) is 16.7 Å². The minimum Gasteiger partial charge on any atom is -0.493 e. The smallest absolute Gasteiger partial charge is 0.224 e. The van der Waals surface area contributed by atoms with E-state index in [4.69, 9.17) is 9.47 Å². The molecule has 0 aliphatic rings. The molecule has 0 atom stereocenters. The van der Waals surface area contributed by atoms with E-state index in [1.54, 1.807) is 14.2 Å². The van der Waals surface area contributed by atoms with E-state index in [2.05, 4.69) is 5.32 Å². The van der Waals surface area contributed by atoms with Gasteiger partial charge in [0.25, 0.3) is 0 Å². The van der Waals surface area contributed by atoms with Crippen molar-refractivity contribution in [3.8, 4) is 11.5 Å². The molecule has 0 bridgehead atoms. The zero-order valence-electron chi connectivity index (χ0n) is 13.9.